The first kappa shape index (κ1) is 14.3. The predicted molar refractivity (Wildman–Crippen MR) is 73.6 cm³/mol. The third-order valence-electron chi connectivity index (χ3n) is 3.06. The van der Waals surface area contributed by atoms with E-state index in [4.69, 9.17) is 5.73 Å². The van der Waals surface area contributed by atoms with E-state index in [0.29, 0.717) is 17.7 Å². The Morgan fingerprint density at radius 3 is 2.20 bits per heavy atom. The summed E-state index contributed by atoms with van der Waals surface area (Å²) in [6.45, 7) is 0.558. The standard InChI is InChI=1S/C16H15F2NO/c17-14-6-3-12(9-15(14)18)10-16(20)13-4-1-11(2-5-13)7-8-19/h1-6,9H,7-8,10,19H2. The van der Waals surface area contributed by atoms with Crippen molar-refractivity contribution in [1.29, 1.82) is 0 Å². The molecule has 0 saturated heterocycles. The number of hydrogen-bond acceptors (Lipinski definition) is 2. The second-order valence-electron chi connectivity index (χ2n) is 4.58. The number of halogens is 2. The molecule has 0 saturated carbocycles. The van der Waals surface area contributed by atoms with Crippen LogP contribution in [-0.2, 0) is 12.8 Å². The summed E-state index contributed by atoms with van der Waals surface area (Å²) in [6.07, 6.45) is 0.811. The Morgan fingerprint density at radius 1 is 0.950 bits per heavy atom. The van der Waals surface area contributed by atoms with Crippen molar-refractivity contribution in [2.75, 3.05) is 6.54 Å². The SMILES string of the molecule is NCCc1ccc(C(=O)Cc2ccc(F)c(F)c2)cc1. The number of rotatable bonds is 5. The number of nitrogens with two attached hydrogens (primary N) is 1. The lowest BCUT2D eigenvalue weighted by atomic mass is 10.0. The highest BCUT2D eigenvalue weighted by Gasteiger charge is 2.09. The third-order valence-corrected chi connectivity index (χ3v) is 3.06. The van der Waals surface area contributed by atoms with Crippen LogP contribution in [0.15, 0.2) is 42.5 Å². The number of carbonyl (C=O) groups excluding carboxylic acids is 1. The minimum absolute atomic E-state index is 0.0490. The number of benzene rings is 2. The van der Waals surface area contributed by atoms with Gasteiger partial charge in [-0.1, -0.05) is 30.3 Å². The molecule has 0 fully saturated rings. The van der Waals surface area contributed by atoms with E-state index in [1.54, 1.807) is 12.1 Å². The average molecular weight is 275 g/mol. The molecule has 0 radical (unpaired) electrons. The molecule has 0 aromatic heterocycles. The Morgan fingerprint density at radius 2 is 1.60 bits per heavy atom. The summed E-state index contributed by atoms with van der Waals surface area (Å²) in [5.41, 5.74) is 7.53. The molecular formula is C16H15F2NO. The van der Waals surface area contributed by atoms with E-state index in [2.05, 4.69) is 0 Å². The largest absolute Gasteiger partial charge is 0.330 e. The molecule has 0 unspecified atom stereocenters. The van der Waals surface area contributed by atoms with E-state index in [1.807, 2.05) is 12.1 Å². The van der Waals surface area contributed by atoms with E-state index in [-0.39, 0.29) is 12.2 Å². The van der Waals surface area contributed by atoms with Crippen LogP contribution in [0.3, 0.4) is 0 Å². The summed E-state index contributed by atoms with van der Waals surface area (Å²) in [5, 5.41) is 0. The highest BCUT2D eigenvalue weighted by Crippen LogP contribution is 2.13. The van der Waals surface area contributed by atoms with E-state index < -0.39 is 11.6 Å². The van der Waals surface area contributed by atoms with E-state index in [9.17, 15) is 13.6 Å². The van der Waals surface area contributed by atoms with Gasteiger partial charge in [-0.25, -0.2) is 8.78 Å². The summed E-state index contributed by atoms with van der Waals surface area (Å²) < 4.78 is 25.9. The van der Waals surface area contributed by atoms with Gasteiger partial charge in [0, 0.05) is 12.0 Å². The van der Waals surface area contributed by atoms with Crippen LogP contribution in [0, 0.1) is 11.6 Å². The smallest absolute Gasteiger partial charge is 0.167 e. The van der Waals surface area contributed by atoms with Gasteiger partial charge in [-0.2, -0.15) is 0 Å². The summed E-state index contributed by atoms with van der Waals surface area (Å²) in [4.78, 5) is 12.0. The first-order valence-electron chi connectivity index (χ1n) is 6.36. The Kier molecular flexibility index (Phi) is 4.58. The maximum absolute atomic E-state index is 13.1. The number of ketones is 1. The van der Waals surface area contributed by atoms with Crippen molar-refractivity contribution in [3.05, 3.63) is 70.8 Å². The Hall–Kier alpha value is -2.07. The summed E-state index contributed by atoms with van der Waals surface area (Å²) in [5.74, 6) is -1.98. The Bertz CT molecular complexity index is 608. The van der Waals surface area contributed by atoms with Gasteiger partial charge in [0.25, 0.3) is 0 Å². The normalized spacial score (nSPS) is 10.6. The molecule has 2 aromatic carbocycles. The molecule has 0 atom stereocenters. The molecule has 104 valence electrons. The van der Waals surface area contributed by atoms with Crippen molar-refractivity contribution >= 4 is 5.78 Å². The lowest BCUT2D eigenvalue weighted by Crippen LogP contribution is -2.06. The fourth-order valence-electron chi connectivity index (χ4n) is 1.96. The van der Waals surface area contributed by atoms with Gasteiger partial charge in [-0.3, -0.25) is 4.79 Å². The van der Waals surface area contributed by atoms with Crippen molar-refractivity contribution in [1.82, 2.24) is 0 Å². The predicted octanol–water partition coefficient (Wildman–Crippen LogP) is 2.89. The number of carbonyl (C=O) groups is 1. The van der Waals surface area contributed by atoms with Crippen molar-refractivity contribution in [3.8, 4) is 0 Å². The molecule has 2 N–H and O–H groups in total. The molecule has 0 amide bonds. The maximum atomic E-state index is 13.1. The highest BCUT2D eigenvalue weighted by molar-refractivity contribution is 5.97. The van der Waals surface area contributed by atoms with Crippen LogP contribution in [0.1, 0.15) is 21.5 Å². The van der Waals surface area contributed by atoms with E-state index in [1.165, 1.54) is 6.07 Å². The van der Waals surface area contributed by atoms with Gasteiger partial charge in [-0.15, -0.1) is 0 Å². The fourth-order valence-corrected chi connectivity index (χ4v) is 1.96. The minimum atomic E-state index is -0.936. The zero-order valence-corrected chi connectivity index (χ0v) is 10.9. The van der Waals surface area contributed by atoms with Gasteiger partial charge in [0.05, 0.1) is 0 Å². The second-order valence-corrected chi connectivity index (χ2v) is 4.58. The lowest BCUT2D eigenvalue weighted by Gasteiger charge is -2.04. The molecule has 0 aliphatic heterocycles. The Labute approximate surface area is 116 Å². The fraction of sp³-hybridized carbons (Fsp3) is 0.188. The zero-order chi connectivity index (χ0) is 14.5. The first-order valence-corrected chi connectivity index (χ1v) is 6.36. The van der Waals surface area contributed by atoms with Crippen LogP contribution in [-0.4, -0.2) is 12.3 Å². The molecule has 2 aromatic rings. The summed E-state index contributed by atoms with van der Waals surface area (Å²) in [7, 11) is 0. The molecule has 0 aliphatic rings. The van der Waals surface area contributed by atoms with Crippen molar-refractivity contribution < 1.29 is 13.6 Å². The molecule has 2 rings (SSSR count). The molecule has 20 heavy (non-hydrogen) atoms. The van der Waals surface area contributed by atoms with E-state index in [0.717, 1.165) is 24.1 Å². The van der Waals surface area contributed by atoms with Crippen LogP contribution in [0.2, 0.25) is 0 Å². The molecule has 0 heterocycles. The second kappa shape index (κ2) is 6.39. The van der Waals surface area contributed by atoms with Crippen LogP contribution in [0.4, 0.5) is 8.78 Å². The molecule has 2 nitrogen and oxygen atoms in total. The quantitative estimate of drug-likeness (QED) is 0.853. The lowest BCUT2D eigenvalue weighted by molar-refractivity contribution is 0.0993. The maximum Gasteiger partial charge on any atom is 0.167 e. The van der Waals surface area contributed by atoms with Crippen molar-refractivity contribution in [2.45, 2.75) is 12.8 Å². The summed E-state index contributed by atoms with van der Waals surface area (Å²) >= 11 is 0. The number of hydrogen-bond donors (Lipinski definition) is 1. The van der Waals surface area contributed by atoms with Gasteiger partial charge in [0.1, 0.15) is 0 Å². The van der Waals surface area contributed by atoms with E-state index >= 15 is 0 Å². The highest BCUT2D eigenvalue weighted by atomic mass is 19.2. The molecule has 0 aliphatic carbocycles. The van der Waals surface area contributed by atoms with Crippen LogP contribution in [0.5, 0.6) is 0 Å². The monoisotopic (exact) mass is 275 g/mol. The number of Topliss-reactive ketones (excluding diaryl/α,β-unsaturated/α-hetero) is 1. The summed E-state index contributed by atoms with van der Waals surface area (Å²) in [6, 6.07) is 10.7. The van der Waals surface area contributed by atoms with Crippen molar-refractivity contribution in [2.24, 2.45) is 5.73 Å². The topological polar surface area (TPSA) is 43.1 Å². The minimum Gasteiger partial charge on any atom is -0.330 e. The average Bonchev–Trinajstić information content (AvgIpc) is 2.44. The van der Waals surface area contributed by atoms with Gasteiger partial charge in [-0.05, 0) is 36.2 Å². The van der Waals surface area contributed by atoms with Gasteiger partial charge in [0.2, 0.25) is 0 Å². The molecular weight excluding hydrogens is 260 g/mol. The molecule has 0 bridgehead atoms. The third kappa shape index (κ3) is 3.48. The van der Waals surface area contributed by atoms with Gasteiger partial charge >= 0.3 is 0 Å². The van der Waals surface area contributed by atoms with Gasteiger partial charge < -0.3 is 5.73 Å². The Balaban J connectivity index is 2.09. The first-order chi connectivity index (χ1) is 9.60. The van der Waals surface area contributed by atoms with Crippen molar-refractivity contribution in [3.63, 3.8) is 0 Å². The van der Waals surface area contributed by atoms with Gasteiger partial charge in [0.15, 0.2) is 17.4 Å². The molecule has 0 spiro atoms. The van der Waals surface area contributed by atoms with Crippen LogP contribution < -0.4 is 5.73 Å². The van der Waals surface area contributed by atoms with Crippen LogP contribution in [0.25, 0.3) is 0 Å². The zero-order valence-electron chi connectivity index (χ0n) is 10.9. The molecule has 4 heteroatoms. The van der Waals surface area contributed by atoms with Crippen LogP contribution >= 0.6 is 0 Å².